The second-order valence-electron chi connectivity index (χ2n) is 5.51. The van der Waals surface area contributed by atoms with Gasteiger partial charge in [0.25, 0.3) is 5.56 Å². The minimum atomic E-state index is -0.196. The Morgan fingerprint density at radius 3 is 2.76 bits per heavy atom. The molecule has 3 rings (SSSR count). The van der Waals surface area contributed by atoms with Gasteiger partial charge in [-0.05, 0) is 48.9 Å². The Hall–Kier alpha value is -2.41. The van der Waals surface area contributed by atoms with Crippen molar-refractivity contribution in [1.29, 1.82) is 5.26 Å². The molecular formula is C17H17N3O. The maximum absolute atomic E-state index is 11.9. The fourth-order valence-electron chi connectivity index (χ4n) is 2.92. The Bertz CT molecular complexity index is 784. The van der Waals surface area contributed by atoms with Crippen LogP contribution in [0.1, 0.15) is 29.5 Å². The van der Waals surface area contributed by atoms with Gasteiger partial charge in [0.2, 0.25) is 0 Å². The van der Waals surface area contributed by atoms with Crippen molar-refractivity contribution >= 4 is 0 Å². The number of rotatable bonds is 2. The highest BCUT2D eigenvalue weighted by Crippen LogP contribution is 2.26. The Labute approximate surface area is 123 Å². The summed E-state index contributed by atoms with van der Waals surface area (Å²) in [5, 5.41) is 13.2. The van der Waals surface area contributed by atoms with E-state index in [0.29, 0.717) is 5.56 Å². The highest BCUT2D eigenvalue weighted by atomic mass is 16.1. The summed E-state index contributed by atoms with van der Waals surface area (Å²) in [5.74, 6) is 0. The van der Waals surface area contributed by atoms with Gasteiger partial charge in [-0.3, -0.25) is 4.79 Å². The van der Waals surface area contributed by atoms with E-state index in [1.807, 2.05) is 6.07 Å². The summed E-state index contributed by atoms with van der Waals surface area (Å²) in [6, 6.07) is 10.2. The Morgan fingerprint density at radius 1 is 1.24 bits per heavy atom. The molecule has 106 valence electrons. The summed E-state index contributed by atoms with van der Waals surface area (Å²) in [6.45, 7) is 0. The quantitative estimate of drug-likeness (QED) is 0.848. The van der Waals surface area contributed by atoms with Gasteiger partial charge >= 0.3 is 0 Å². The third-order valence-corrected chi connectivity index (χ3v) is 4.05. The fraction of sp³-hybridized carbons (Fsp3) is 0.353. The molecule has 0 spiro atoms. The second kappa shape index (κ2) is 5.53. The number of benzene rings is 1. The van der Waals surface area contributed by atoms with Crippen molar-refractivity contribution in [2.45, 2.75) is 32.1 Å². The highest BCUT2D eigenvalue weighted by Gasteiger charge is 2.12. The lowest BCUT2D eigenvalue weighted by Crippen LogP contribution is -2.23. The number of aryl methyl sites for hydroxylation is 3. The minimum absolute atomic E-state index is 0.118. The zero-order valence-corrected chi connectivity index (χ0v) is 12.1. The van der Waals surface area contributed by atoms with Crippen molar-refractivity contribution in [2.75, 3.05) is 0 Å². The maximum Gasteiger partial charge on any atom is 0.270 e. The van der Waals surface area contributed by atoms with Crippen LogP contribution >= 0.6 is 0 Å². The van der Waals surface area contributed by atoms with Crippen molar-refractivity contribution in [3.8, 4) is 17.3 Å². The molecule has 0 fully saturated rings. The number of fused-ring (bicyclic) bond motifs is 1. The predicted octanol–water partition coefficient (Wildman–Crippen LogP) is 2.39. The third-order valence-electron chi connectivity index (χ3n) is 4.05. The average molecular weight is 279 g/mol. The summed E-state index contributed by atoms with van der Waals surface area (Å²) in [7, 11) is 1.63. The van der Waals surface area contributed by atoms with Gasteiger partial charge in [0.05, 0.1) is 18.2 Å². The SMILES string of the molecule is Cn1nc(-c2ccc3c(c2)CCCC3)cc(CC#N)c1=O. The summed E-state index contributed by atoms with van der Waals surface area (Å²) in [4.78, 5) is 11.9. The standard InChI is InChI=1S/C17H17N3O/c1-20-17(21)15(8-9-18)11-16(19-20)14-7-6-12-4-2-3-5-13(12)10-14/h6-7,10-11H,2-5,8H2,1H3. The first-order valence-corrected chi connectivity index (χ1v) is 7.25. The van der Waals surface area contributed by atoms with Crippen molar-refractivity contribution in [1.82, 2.24) is 9.78 Å². The second-order valence-corrected chi connectivity index (χ2v) is 5.51. The fourth-order valence-corrected chi connectivity index (χ4v) is 2.92. The van der Waals surface area contributed by atoms with Crippen molar-refractivity contribution in [3.63, 3.8) is 0 Å². The number of hydrogen-bond donors (Lipinski definition) is 0. The Kier molecular flexibility index (Phi) is 3.57. The van der Waals surface area contributed by atoms with Crippen LogP contribution in [0.15, 0.2) is 29.1 Å². The molecule has 0 atom stereocenters. The van der Waals surface area contributed by atoms with Gasteiger partial charge in [0, 0.05) is 18.2 Å². The molecule has 1 aliphatic carbocycles. The molecule has 0 saturated heterocycles. The smallest absolute Gasteiger partial charge is 0.267 e. The van der Waals surface area contributed by atoms with E-state index in [4.69, 9.17) is 5.26 Å². The first-order chi connectivity index (χ1) is 10.2. The van der Waals surface area contributed by atoms with Crippen molar-refractivity contribution in [3.05, 3.63) is 51.3 Å². The molecule has 1 aromatic carbocycles. The van der Waals surface area contributed by atoms with Crippen molar-refractivity contribution in [2.24, 2.45) is 7.05 Å². The number of aromatic nitrogens is 2. The zero-order valence-electron chi connectivity index (χ0n) is 12.1. The molecule has 0 radical (unpaired) electrons. The molecule has 0 unspecified atom stereocenters. The lowest BCUT2D eigenvalue weighted by Gasteiger charge is -2.16. The van der Waals surface area contributed by atoms with Crippen LogP contribution in [0, 0.1) is 11.3 Å². The van der Waals surface area contributed by atoms with Gasteiger partial charge in [0.1, 0.15) is 0 Å². The monoisotopic (exact) mass is 279 g/mol. The summed E-state index contributed by atoms with van der Waals surface area (Å²) in [6.07, 6.45) is 4.87. The molecule has 1 aromatic heterocycles. The van der Waals surface area contributed by atoms with Gasteiger partial charge in [-0.2, -0.15) is 10.4 Å². The van der Waals surface area contributed by atoms with Gasteiger partial charge in [0.15, 0.2) is 0 Å². The summed E-state index contributed by atoms with van der Waals surface area (Å²) in [5.41, 5.74) is 4.89. The van der Waals surface area contributed by atoms with Crippen LogP contribution < -0.4 is 5.56 Å². The number of nitriles is 1. The number of hydrogen-bond acceptors (Lipinski definition) is 3. The van der Waals surface area contributed by atoms with Gasteiger partial charge in [-0.1, -0.05) is 12.1 Å². The van der Waals surface area contributed by atoms with E-state index >= 15 is 0 Å². The molecule has 0 amide bonds. The lowest BCUT2D eigenvalue weighted by molar-refractivity contribution is 0.684. The minimum Gasteiger partial charge on any atom is -0.267 e. The van der Waals surface area contributed by atoms with Crippen LogP contribution in [0.5, 0.6) is 0 Å². The molecule has 4 nitrogen and oxygen atoms in total. The zero-order chi connectivity index (χ0) is 14.8. The van der Waals surface area contributed by atoms with Gasteiger partial charge < -0.3 is 0 Å². The van der Waals surface area contributed by atoms with Crippen LogP contribution in [0.2, 0.25) is 0 Å². The molecule has 0 N–H and O–H groups in total. The Balaban J connectivity index is 2.08. The Morgan fingerprint density at radius 2 is 2.00 bits per heavy atom. The van der Waals surface area contributed by atoms with Crippen LogP contribution in [0.4, 0.5) is 0 Å². The molecule has 0 bridgehead atoms. The van der Waals surface area contributed by atoms with Gasteiger partial charge in [-0.15, -0.1) is 0 Å². The first kappa shape index (κ1) is 13.6. The first-order valence-electron chi connectivity index (χ1n) is 7.25. The molecule has 4 heteroatoms. The maximum atomic E-state index is 11.9. The topological polar surface area (TPSA) is 58.7 Å². The predicted molar refractivity (Wildman–Crippen MR) is 80.9 cm³/mol. The molecule has 2 aromatic rings. The summed E-state index contributed by atoms with van der Waals surface area (Å²) < 4.78 is 1.32. The normalized spacial score (nSPS) is 13.5. The lowest BCUT2D eigenvalue weighted by atomic mass is 9.90. The van der Waals surface area contributed by atoms with E-state index in [1.165, 1.54) is 28.7 Å². The van der Waals surface area contributed by atoms with E-state index in [1.54, 1.807) is 13.1 Å². The van der Waals surface area contributed by atoms with Crippen LogP contribution in [-0.4, -0.2) is 9.78 Å². The van der Waals surface area contributed by atoms with E-state index in [0.717, 1.165) is 24.1 Å². The molecule has 0 aliphatic heterocycles. The van der Waals surface area contributed by atoms with Gasteiger partial charge in [-0.25, -0.2) is 4.68 Å². The van der Waals surface area contributed by atoms with E-state index in [2.05, 4.69) is 23.3 Å². The van der Waals surface area contributed by atoms with E-state index in [9.17, 15) is 4.79 Å². The number of nitrogens with zero attached hydrogens (tertiary/aromatic N) is 3. The van der Waals surface area contributed by atoms with E-state index < -0.39 is 0 Å². The van der Waals surface area contributed by atoms with Crippen LogP contribution in [0.25, 0.3) is 11.3 Å². The van der Waals surface area contributed by atoms with Crippen molar-refractivity contribution < 1.29 is 0 Å². The third kappa shape index (κ3) is 2.59. The average Bonchev–Trinajstić information content (AvgIpc) is 2.51. The van der Waals surface area contributed by atoms with Crippen LogP contribution in [-0.2, 0) is 26.3 Å². The molecular weight excluding hydrogens is 262 g/mol. The largest absolute Gasteiger partial charge is 0.270 e. The van der Waals surface area contributed by atoms with Crippen LogP contribution in [0.3, 0.4) is 0 Å². The summed E-state index contributed by atoms with van der Waals surface area (Å²) >= 11 is 0. The van der Waals surface area contributed by atoms with E-state index in [-0.39, 0.29) is 12.0 Å². The molecule has 1 heterocycles. The highest BCUT2D eigenvalue weighted by molar-refractivity contribution is 5.61. The molecule has 1 aliphatic rings. The molecule has 21 heavy (non-hydrogen) atoms. The molecule has 0 saturated carbocycles.